The van der Waals surface area contributed by atoms with E-state index in [2.05, 4.69) is 20.8 Å². The molecule has 117 heavy (non-hydrogen) atoms. The third kappa shape index (κ3) is 16.0. The first kappa shape index (κ1) is 90.4. The minimum Gasteiger partial charge on any atom is -0.497 e. The maximum Gasteiger partial charge on any atom is 0.331 e. The summed E-state index contributed by atoms with van der Waals surface area (Å²) in [5, 5.41) is 214. The Morgan fingerprint density at radius 2 is 1.13 bits per heavy atom. The summed E-state index contributed by atoms with van der Waals surface area (Å²) in [5.74, 6) is -4.69. The fourth-order valence-electron chi connectivity index (χ4n) is 21.3. The predicted octanol–water partition coefficient (Wildman–Crippen LogP) is -4.28. The highest BCUT2D eigenvalue weighted by Crippen LogP contribution is 2.76. The van der Waals surface area contributed by atoms with Gasteiger partial charge in [0.1, 0.15) is 127 Å². The summed E-state index contributed by atoms with van der Waals surface area (Å²) in [6, 6.07) is 6.58. The van der Waals surface area contributed by atoms with Gasteiger partial charge in [-0.2, -0.15) is 0 Å². The molecule has 4 saturated carbocycles. The summed E-state index contributed by atoms with van der Waals surface area (Å²) in [7, 11) is 1.47. The Labute approximate surface area is 674 Å². The number of allylic oxidation sites excluding steroid dienone is 1. The van der Waals surface area contributed by atoms with Crippen molar-refractivity contribution in [1.82, 2.24) is 0 Å². The second-order valence-electron chi connectivity index (χ2n) is 36.0. The normalized spacial score (nSPS) is 50.5. The standard InChI is InChI=1S/C79H118O38/c1-33-54(111-64-52(93)56(41(85)28-104-64)112-63-50(91)47(88)40(84)27-103-63)57(113-69-61(96)79(101,31-82)32-106-69)53(94)66(107-33)115-59-58(114-68-60(95)76(8,100)45(86)29-105-68)55(110-46(87)17-12-35-10-13-36(102-9)14-11-35)34(2)108-67(59)117-71(99)77-21-20-72(3,4)24-38(77)37-15-16-43-73(5)25-39(83)62(116-65-51(92)49(90)48(89)42(26-80)109-65)75(7,70(97)98)44(73)18-19-74(43,6)78(37,30-81)23-22-77/h10-15,17,33-34,38-45,47-69,80-86,88-96,100-101H,16,18-32H2,1-9H3,(H,97,98)/b17-12+/t33-,34+,38-,39-,40-,41+,42+,43+,44+,45-,47-,48+,49-,50+,51+,52+,53+,54-,55-,56-,57-,58-,59+,60-,61-,62-,63-,64-,65-,66-,67-,68-,69-,73+,74+,75-,76+,77-,78-,79+/m0/s1. The lowest BCUT2D eigenvalue weighted by Crippen LogP contribution is -2.71. The first-order valence-electron chi connectivity index (χ1n) is 40.2. The zero-order chi connectivity index (χ0) is 85.1. The Kier molecular flexibility index (Phi) is 26.5. The topological polar surface area (TPSA) is 583 Å². The molecule has 12 aliphatic rings. The van der Waals surface area contributed by atoms with Crippen LogP contribution in [0.4, 0.5) is 0 Å². The Bertz CT molecular complexity index is 3680. The van der Waals surface area contributed by atoms with Gasteiger partial charge in [-0.1, -0.05) is 51.5 Å². The molecule has 0 spiro atoms. The van der Waals surface area contributed by atoms with Crippen molar-refractivity contribution in [2.24, 2.45) is 50.2 Å². The largest absolute Gasteiger partial charge is 0.497 e. The predicted molar refractivity (Wildman–Crippen MR) is 389 cm³/mol. The second kappa shape index (κ2) is 34.3. The molecule has 0 bridgehead atoms. The maximum atomic E-state index is 16.6. The number of rotatable bonds is 22. The van der Waals surface area contributed by atoms with Crippen molar-refractivity contribution in [3.63, 3.8) is 0 Å². The quantitative estimate of drug-likeness (QED) is 0.0226. The van der Waals surface area contributed by atoms with E-state index in [4.69, 9.17) is 75.8 Å². The number of ether oxygens (including phenoxy) is 16. The van der Waals surface area contributed by atoms with Crippen molar-refractivity contribution in [2.45, 2.75) is 309 Å². The lowest BCUT2D eigenvalue weighted by atomic mass is 9.33. The Hall–Kier alpha value is -4.33. The van der Waals surface area contributed by atoms with E-state index in [0.29, 0.717) is 30.6 Å². The lowest BCUT2D eigenvalue weighted by Gasteiger charge is -2.71. The van der Waals surface area contributed by atoms with Gasteiger partial charge in [-0.15, -0.1) is 0 Å². The molecule has 1 aromatic carbocycles. The van der Waals surface area contributed by atoms with Gasteiger partial charge in [0.05, 0.1) is 82.5 Å². The molecule has 7 aliphatic heterocycles. The number of aliphatic hydroxyl groups is 18. The molecule has 40 atom stereocenters. The van der Waals surface area contributed by atoms with Crippen LogP contribution in [0.1, 0.15) is 119 Å². The van der Waals surface area contributed by atoms with Gasteiger partial charge >= 0.3 is 17.9 Å². The lowest BCUT2D eigenvalue weighted by molar-refractivity contribution is -0.399. The smallest absolute Gasteiger partial charge is 0.331 e. The van der Waals surface area contributed by atoms with Crippen LogP contribution in [0.25, 0.3) is 6.08 Å². The Balaban J connectivity index is 0.859. The molecule has 662 valence electrons. The van der Waals surface area contributed by atoms with Crippen LogP contribution in [0, 0.1) is 50.2 Å². The van der Waals surface area contributed by atoms with Crippen molar-refractivity contribution >= 4 is 24.0 Å². The molecule has 19 N–H and O–H groups in total. The molecule has 38 nitrogen and oxygen atoms in total. The fraction of sp³-hybridized carbons (Fsp3) is 0.835. The van der Waals surface area contributed by atoms with Crippen molar-refractivity contribution in [1.29, 1.82) is 0 Å². The van der Waals surface area contributed by atoms with Gasteiger partial charge in [-0.25, -0.2) is 4.79 Å². The number of carbonyl (C=O) groups is 3. The average molecular weight is 1680 g/mol. The highest BCUT2D eigenvalue weighted by atomic mass is 16.8. The number of methoxy groups -OCH3 is 1. The van der Waals surface area contributed by atoms with Crippen LogP contribution >= 0.6 is 0 Å². The fourth-order valence-corrected chi connectivity index (χ4v) is 21.3. The zero-order valence-electron chi connectivity index (χ0n) is 66.7. The van der Waals surface area contributed by atoms with Crippen LogP contribution in [0.5, 0.6) is 5.75 Å². The molecule has 38 heteroatoms. The van der Waals surface area contributed by atoms with Gasteiger partial charge in [0.15, 0.2) is 49.9 Å². The minimum atomic E-state index is -2.37. The average Bonchev–Trinajstić information content (AvgIpc) is 0.801. The molecule has 13 rings (SSSR count). The van der Waals surface area contributed by atoms with Gasteiger partial charge in [-0.05, 0) is 143 Å². The van der Waals surface area contributed by atoms with E-state index in [0.717, 1.165) is 18.6 Å². The van der Waals surface area contributed by atoms with Crippen LogP contribution < -0.4 is 4.74 Å². The highest BCUT2D eigenvalue weighted by Gasteiger charge is 2.74. The third-order valence-electron chi connectivity index (χ3n) is 28.5. The molecule has 0 radical (unpaired) electrons. The molecule has 11 fully saturated rings. The van der Waals surface area contributed by atoms with Crippen molar-refractivity contribution in [3.8, 4) is 5.75 Å². The number of aliphatic hydroxyl groups excluding tert-OH is 16. The summed E-state index contributed by atoms with van der Waals surface area (Å²) < 4.78 is 98.5. The molecular formula is C79H118O38. The van der Waals surface area contributed by atoms with E-state index in [-0.39, 0.29) is 38.5 Å². The third-order valence-corrected chi connectivity index (χ3v) is 28.5. The van der Waals surface area contributed by atoms with Gasteiger partial charge in [-0.3, -0.25) is 9.59 Å². The summed E-state index contributed by atoms with van der Waals surface area (Å²) in [6.45, 7) is 8.58. The highest BCUT2D eigenvalue weighted by molar-refractivity contribution is 5.87. The number of fused-ring (bicyclic) bond motifs is 7. The monoisotopic (exact) mass is 1670 g/mol. The van der Waals surface area contributed by atoms with E-state index >= 15 is 4.79 Å². The van der Waals surface area contributed by atoms with Crippen molar-refractivity contribution in [2.75, 3.05) is 53.4 Å². The Morgan fingerprint density at radius 1 is 0.538 bits per heavy atom. The van der Waals surface area contributed by atoms with Crippen LogP contribution in [-0.4, -0.2) is 364 Å². The summed E-state index contributed by atoms with van der Waals surface area (Å²) in [4.78, 5) is 45.2. The van der Waals surface area contributed by atoms with E-state index in [1.807, 2.05) is 13.0 Å². The molecular weight excluding hydrogens is 1560 g/mol. The first-order valence-corrected chi connectivity index (χ1v) is 40.2. The van der Waals surface area contributed by atoms with Crippen molar-refractivity contribution < 1.29 is 187 Å². The number of carboxylic acids is 1. The minimum absolute atomic E-state index is 0.0447. The van der Waals surface area contributed by atoms with Crippen molar-refractivity contribution in [3.05, 3.63) is 47.6 Å². The molecule has 0 unspecified atom stereocenters. The van der Waals surface area contributed by atoms with E-state index < -0.39 is 310 Å². The van der Waals surface area contributed by atoms with Crippen LogP contribution in [-0.2, 0) is 85.4 Å². The summed E-state index contributed by atoms with van der Waals surface area (Å²) in [5.41, 5.74) is -10.4. The molecule has 1 aromatic rings. The Morgan fingerprint density at radius 3 is 1.79 bits per heavy atom. The number of esters is 2. The molecule has 7 saturated heterocycles. The number of hydrogen-bond donors (Lipinski definition) is 19. The van der Waals surface area contributed by atoms with Crippen LogP contribution in [0.2, 0.25) is 0 Å². The number of aliphatic carboxylic acids is 1. The number of carbonyl (C=O) groups excluding carboxylic acids is 2. The van der Waals surface area contributed by atoms with E-state index in [1.54, 1.807) is 24.3 Å². The second-order valence-corrected chi connectivity index (χ2v) is 36.0. The molecule has 7 heterocycles. The zero-order valence-corrected chi connectivity index (χ0v) is 66.7. The maximum absolute atomic E-state index is 16.6. The van der Waals surface area contributed by atoms with Crippen LogP contribution in [0.15, 0.2) is 42.0 Å². The number of carboxylic acid groups (broad SMARTS) is 1. The first-order chi connectivity index (χ1) is 55.0. The molecule has 5 aliphatic carbocycles. The molecule has 0 aromatic heterocycles. The van der Waals surface area contributed by atoms with Crippen LogP contribution in [0.3, 0.4) is 0 Å². The van der Waals surface area contributed by atoms with Gasteiger partial charge < -0.3 is 173 Å². The van der Waals surface area contributed by atoms with E-state index in [9.17, 15) is 107 Å². The van der Waals surface area contributed by atoms with Gasteiger partial charge in [0.2, 0.25) is 6.29 Å². The summed E-state index contributed by atoms with van der Waals surface area (Å²) in [6.07, 6.45) is -48.4. The summed E-state index contributed by atoms with van der Waals surface area (Å²) >= 11 is 0. The SMILES string of the molecule is COc1ccc(/C=C/C(=O)O[C@@H]2[C@H](O[C@@H]3OC[C@H](O)[C@@](C)(O)[C@H]3O)[C@@H](O[C@@H]3O[C@@H](C)[C@H](O[C@@H]4OC[C@@H](O)[C@H](O[C@@H]5OC[C@H](O)[C@H](O)[C@H]5O)[C@H]4O)[C@@H](O[C@@H]4OC[C@](O)(CO)[C@H]4O)[C@H]3O)[C@H](OC(=O)[C@]34CCC(C)(C)C[C@H]3C3=CC[C@@H]5[C@@]6(C)C[C@H](O)[C@H](O[C@@H]7O[C@H](CO)[C@@H](O)[C@H](O)[C@H]7O)[C@@](C)(C(=O)O)[C@@H]6CC[C@@]5(C)[C@]3(CO)CC4)O[C@@H]2C)cc1. The molecule has 0 amide bonds. The van der Waals surface area contributed by atoms with E-state index in [1.165, 1.54) is 34.0 Å². The number of benzene rings is 1. The van der Waals surface area contributed by atoms with Gasteiger partial charge in [0, 0.05) is 11.5 Å². The van der Waals surface area contributed by atoms with Gasteiger partial charge in [0.25, 0.3) is 0 Å². The number of hydrogen-bond acceptors (Lipinski definition) is 37.